The molecule has 0 aliphatic heterocycles. The van der Waals surface area contributed by atoms with Crippen LogP contribution in [0.25, 0.3) is 0 Å². The molecule has 0 radical (unpaired) electrons. The van der Waals surface area contributed by atoms with Crippen molar-refractivity contribution in [3.63, 3.8) is 0 Å². The van der Waals surface area contributed by atoms with Gasteiger partial charge in [-0.25, -0.2) is 4.68 Å². The van der Waals surface area contributed by atoms with Crippen molar-refractivity contribution in [1.82, 2.24) is 24.9 Å². The molecule has 3 rings (SSSR count). The molecule has 2 aromatic rings. The molecule has 24 heavy (non-hydrogen) atoms. The van der Waals surface area contributed by atoms with Crippen LogP contribution in [-0.4, -0.2) is 38.1 Å². The van der Waals surface area contributed by atoms with Crippen molar-refractivity contribution in [2.45, 2.75) is 57.7 Å². The third kappa shape index (κ3) is 3.84. The van der Waals surface area contributed by atoms with E-state index >= 15 is 0 Å². The largest absolute Gasteiger partial charge is 0.310 e. The summed E-state index contributed by atoms with van der Waals surface area (Å²) in [5.41, 5.74) is 0. The van der Waals surface area contributed by atoms with Gasteiger partial charge in [-0.3, -0.25) is 9.48 Å². The topological polar surface area (TPSA) is 76.8 Å². The Balaban J connectivity index is 1.50. The number of anilines is 1. The molecule has 1 aliphatic carbocycles. The van der Waals surface area contributed by atoms with Crippen molar-refractivity contribution in [2.75, 3.05) is 11.9 Å². The fraction of sp³-hybridized carbons (Fsp3) is 0.588. The molecule has 0 saturated heterocycles. The summed E-state index contributed by atoms with van der Waals surface area (Å²) in [5.74, 6) is 0.746. The second kappa shape index (κ2) is 7.61. The predicted octanol–water partition coefficient (Wildman–Crippen LogP) is 2.37. The zero-order valence-electron chi connectivity index (χ0n) is 14.4. The number of hydrogen-bond acceptors (Lipinski definition) is 4. The zero-order chi connectivity index (χ0) is 16.9. The minimum absolute atomic E-state index is 0.0470. The van der Waals surface area contributed by atoms with Crippen LogP contribution in [0.3, 0.4) is 0 Å². The van der Waals surface area contributed by atoms with Gasteiger partial charge >= 0.3 is 0 Å². The van der Waals surface area contributed by atoms with E-state index in [1.54, 1.807) is 12.4 Å². The minimum Gasteiger partial charge on any atom is -0.310 e. The highest BCUT2D eigenvalue weighted by atomic mass is 16.2. The molecule has 0 unspecified atom stereocenters. The van der Waals surface area contributed by atoms with Crippen LogP contribution in [0, 0.1) is 0 Å². The van der Waals surface area contributed by atoms with E-state index in [1.807, 2.05) is 27.7 Å². The Bertz CT molecular complexity index is 644. The number of carbonyl (C=O) groups excluding carboxylic acids is 1. The molecule has 0 spiro atoms. The summed E-state index contributed by atoms with van der Waals surface area (Å²) in [5, 5.41) is 14.9. The van der Waals surface area contributed by atoms with Gasteiger partial charge in [0, 0.05) is 24.5 Å². The van der Waals surface area contributed by atoms with Crippen molar-refractivity contribution in [2.24, 2.45) is 0 Å². The smallest absolute Gasteiger partial charge is 0.239 e. The van der Waals surface area contributed by atoms with Gasteiger partial charge in [0.05, 0.1) is 24.8 Å². The lowest BCUT2D eigenvalue weighted by Crippen LogP contribution is -2.39. The quantitative estimate of drug-likeness (QED) is 0.817. The normalized spacial score (nSPS) is 17.8. The molecule has 1 amide bonds. The van der Waals surface area contributed by atoms with Gasteiger partial charge in [-0.2, -0.15) is 10.2 Å². The first-order valence-electron chi connectivity index (χ1n) is 8.71. The molecule has 2 N–H and O–H groups in total. The highest BCUT2D eigenvalue weighted by molar-refractivity contribution is 5.91. The molecule has 7 nitrogen and oxygen atoms in total. The average Bonchev–Trinajstić information content (AvgIpc) is 3.32. The molecule has 130 valence electrons. The molecular weight excluding hydrogens is 304 g/mol. The van der Waals surface area contributed by atoms with Crippen LogP contribution < -0.4 is 10.6 Å². The van der Waals surface area contributed by atoms with Crippen molar-refractivity contribution >= 4 is 11.7 Å². The molecule has 0 bridgehead atoms. The molecule has 0 aromatic carbocycles. The van der Waals surface area contributed by atoms with Crippen LogP contribution >= 0.6 is 0 Å². The zero-order valence-corrected chi connectivity index (χ0v) is 14.4. The van der Waals surface area contributed by atoms with E-state index in [4.69, 9.17) is 0 Å². The third-order valence-electron chi connectivity index (χ3n) is 4.86. The fourth-order valence-electron chi connectivity index (χ4n) is 3.21. The van der Waals surface area contributed by atoms with E-state index in [1.165, 1.54) is 12.8 Å². The third-order valence-corrected chi connectivity index (χ3v) is 4.86. The predicted molar refractivity (Wildman–Crippen MR) is 92.8 cm³/mol. The maximum Gasteiger partial charge on any atom is 0.239 e. The van der Waals surface area contributed by atoms with Crippen LogP contribution in [0.2, 0.25) is 0 Å². The number of carbonyl (C=O) groups is 1. The maximum atomic E-state index is 12.3. The monoisotopic (exact) mass is 330 g/mol. The number of amides is 1. The van der Waals surface area contributed by atoms with Gasteiger partial charge in [0.2, 0.25) is 5.91 Å². The van der Waals surface area contributed by atoms with Gasteiger partial charge in [-0.15, -0.1) is 0 Å². The SMILES string of the molecule is C[C@H](NCC(=O)Nc1ccnn1C1CCCC1)[C@@H](C)n1cccn1. The van der Waals surface area contributed by atoms with Crippen LogP contribution in [0.5, 0.6) is 0 Å². The first-order chi connectivity index (χ1) is 11.6. The molecule has 1 aliphatic rings. The van der Waals surface area contributed by atoms with Crippen LogP contribution in [-0.2, 0) is 4.79 Å². The number of nitrogens with zero attached hydrogens (tertiary/aromatic N) is 4. The number of aromatic nitrogens is 4. The van der Waals surface area contributed by atoms with Crippen LogP contribution in [0.15, 0.2) is 30.7 Å². The van der Waals surface area contributed by atoms with E-state index in [0.717, 1.165) is 18.7 Å². The van der Waals surface area contributed by atoms with Gasteiger partial charge in [0.15, 0.2) is 0 Å². The standard InChI is InChI=1S/C17H26N6O/c1-13(14(2)22-11-5-9-19-22)18-12-17(24)21-16-8-10-20-23(16)15-6-3-4-7-15/h5,8-11,13-15,18H,3-4,6-7,12H2,1-2H3,(H,21,24)/t13-,14+/m0/s1. The van der Waals surface area contributed by atoms with Gasteiger partial charge in [0.25, 0.3) is 0 Å². The summed E-state index contributed by atoms with van der Waals surface area (Å²) in [4.78, 5) is 12.3. The summed E-state index contributed by atoms with van der Waals surface area (Å²) in [6.07, 6.45) is 10.2. The Hall–Kier alpha value is -2.15. The lowest BCUT2D eigenvalue weighted by atomic mass is 10.2. The van der Waals surface area contributed by atoms with E-state index < -0.39 is 0 Å². The highest BCUT2D eigenvalue weighted by Crippen LogP contribution is 2.31. The van der Waals surface area contributed by atoms with Gasteiger partial charge in [-0.05, 0) is 32.8 Å². The van der Waals surface area contributed by atoms with Gasteiger partial charge < -0.3 is 10.6 Å². The Morgan fingerprint density at radius 1 is 1.29 bits per heavy atom. The molecule has 7 heteroatoms. The Labute approximate surface area is 142 Å². The Morgan fingerprint density at radius 2 is 2.08 bits per heavy atom. The second-order valence-electron chi connectivity index (χ2n) is 6.54. The maximum absolute atomic E-state index is 12.3. The molecule has 2 heterocycles. The lowest BCUT2D eigenvalue weighted by molar-refractivity contribution is -0.115. The highest BCUT2D eigenvalue weighted by Gasteiger charge is 2.21. The molecule has 2 aromatic heterocycles. The molecule has 1 saturated carbocycles. The number of hydrogen-bond donors (Lipinski definition) is 2. The van der Waals surface area contributed by atoms with Crippen LogP contribution in [0.1, 0.15) is 51.6 Å². The van der Waals surface area contributed by atoms with Gasteiger partial charge in [0.1, 0.15) is 5.82 Å². The summed E-state index contributed by atoms with van der Waals surface area (Å²) >= 11 is 0. The van der Waals surface area contributed by atoms with Gasteiger partial charge in [-0.1, -0.05) is 12.8 Å². The Kier molecular flexibility index (Phi) is 5.30. The summed E-state index contributed by atoms with van der Waals surface area (Å²) in [6.45, 7) is 4.41. The number of nitrogens with one attached hydrogen (secondary N) is 2. The molecular formula is C17H26N6O. The Morgan fingerprint density at radius 3 is 2.79 bits per heavy atom. The molecule has 1 fully saturated rings. The van der Waals surface area contributed by atoms with Crippen LogP contribution in [0.4, 0.5) is 5.82 Å². The second-order valence-corrected chi connectivity index (χ2v) is 6.54. The van der Waals surface area contributed by atoms with Crippen molar-refractivity contribution in [1.29, 1.82) is 0 Å². The average molecular weight is 330 g/mol. The fourth-order valence-corrected chi connectivity index (χ4v) is 3.21. The molecule has 2 atom stereocenters. The summed E-state index contributed by atoms with van der Waals surface area (Å²) in [6, 6.07) is 4.50. The lowest BCUT2D eigenvalue weighted by Gasteiger charge is -2.21. The van der Waals surface area contributed by atoms with E-state index in [9.17, 15) is 4.79 Å². The minimum atomic E-state index is -0.0470. The number of rotatable bonds is 7. The first kappa shape index (κ1) is 16.7. The van der Waals surface area contributed by atoms with E-state index in [2.05, 4.69) is 34.7 Å². The van der Waals surface area contributed by atoms with Crippen molar-refractivity contribution in [3.8, 4) is 0 Å². The summed E-state index contributed by atoms with van der Waals surface area (Å²) < 4.78 is 3.85. The van der Waals surface area contributed by atoms with Crippen molar-refractivity contribution < 1.29 is 4.79 Å². The van der Waals surface area contributed by atoms with Crippen molar-refractivity contribution in [3.05, 3.63) is 30.7 Å². The first-order valence-corrected chi connectivity index (χ1v) is 8.71. The summed E-state index contributed by atoms with van der Waals surface area (Å²) in [7, 11) is 0. The van der Waals surface area contributed by atoms with E-state index in [-0.39, 0.29) is 24.5 Å². The van der Waals surface area contributed by atoms with E-state index in [0.29, 0.717) is 6.04 Å².